The maximum Gasteiger partial charge on any atom is 0.255 e. The molecule has 4 rings (SSSR count). The van der Waals surface area contributed by atoms with Crippen molar-refractivity contribution in [3.63, 3.8) is 0 Å². The van der Waals surface area contributed by atoms with E-state index in [1.807, 2.05) is 0 Å². The molecule has 2 amide bonds. The summed E-state index contributed by atoms with van der Waals surface area (Å²) in [5.41, 5.74) is 1.83. The highest BCUT2D eigenvalue weighted by atomic mass is 19.1. The second-order valence-corrected chi connectivity index (χ2v) is 7.07. The molecule has 0 aliphatic heterocycles. The van der Waals surface area contributed by atoms with Gasteiger partial charge in [0.2, 0.25) is 0 Å². The Morgan fingerprint density at radius 2 is 0.848 bits per heavy atom. The van der Waals surface area contributed by atoms with Crippen LogP contribution in [-0.4, -0.2) is 11.8 Å². The van der Waals surface area contributed by atoms with Crippen molar-refractivity contribution >= 4 is 23.2 Å². The van der Waals surface area contributed by atoms with Gasteiger partial charge in [-0.3, -0.25) is 9.59 Å². The Labute approximate surface area is 188 Å². The Morgan fingerprint density at radius 3 is 1.18 bits per heavy atom. The normalized spacial score (nSPS) is 10.4. The van der Waals surface area contributed by atoms with Gasteiger partial charge in [-0.1, -0.05) is 0 Å². The first-order chi connectivity index (χ1) is 16.0. The number of halogens is 2. The van der Waals surface area contributed by atoms with E-state index in [0.29, 0.717) is 34.0 Å². The van der Waals surface area contributed by atoms with Gasteiger partial charge >= 0.3 is 0 Å². The number of hydrogen-bond donors (Lipinski definition) is 2. The maximum atomic E-state index is 13.0. The summed E-state index contributed by atoms with van der Waals surface area (Å²) in [7, 11) is 0. The zero-order valence-electron chi connectivity index (χ0n) is 17.2. The van der Waals surface area contributed by atoms with Crippen LogP contribution in [0.2, 0.25) is 0 Å². The topological polar surface area (TPSA) is 67.4 Å². The minimum Gasteiger partial charge on any atom is -0.457 e. The maximum absolute atomic E-state index is 13.0. The van der Waals surface area contributed by atoms with Crippen LogP contribution in [0.15, 0.2) is 97.1 Å². The molecule has 0 atom stereocenters. The number of ether oxygens (including phenoxy) is 1. The molecule has 0 radical (unpaired) electrons. The molecule has 33 heavy (non-hydrogen) atoms. The third-order valence-corrected chi connectivity index (χ3v) is 4.67. The van der Waals surface area contributed by atoms with E-state index in [4.69, 9.17) is 4.74 Å². The molecule has 0 spiro atoms. The molecule has 0 aliphatic carbocycles. The smallest absolute Gasteiger partial charge is 0.255 e. The molecule has 7 heteroatoms. The summed E-state index contributed by atoms with van der Waals surface area (Å²) in [6.07, 6.45) is 0. The Kier molecular flexibility index (Phi) is 6.40. The van der Waals surface area contributed by atoms with Gasteiger partial charge in [0.05, 0.1) is 0 Å². The molecule has 5 nitrogen and oxygen atoms in total. The van der Waals surface area contributed by atoms with Crippen LogP contribution in [0.3, 0.4) is 0 Å². The van der Waals surface area contributed by atoms with Crippen LogP contribution >= 0.6 is 0 Å². The van der Waals surface area contributed by atoms with Crippen molar-refractivity contribution in [2.24, 2.45) is 0 Å². The first-order valence-electron chi connectivity index (χ1n) is 9.98. The van der Waals surface area contributed by atoms with E-state index in [1.165, 1.54) is 48.5 Å². The zero-order chi connectivity index (χ0) is 23.2. The minimum atomic E-state index is -0.406. The standard InChI is InChI=1S/C26H18F2N2O3/c27-19-5-1-17(2-6-19)25(31)29-21-9-13-23(14-10-21)33-24-15-11-22(12-16-24)30-26(32)18-3-7-20(28)8-4-18/h1-16H,(H,29,31)(H,30,32). The average molecular weight is 444 g/mol. The molecule has 4 aromatic carbocycles. The van der Waals surface area contributed by atoms with Gasteiger partial charge in [0.25, 0.3) is 11.8 Å². The number of benzene rings is 4. The lowest BCUT2D eigenvalue weighted by atomic mass is 10.2. The first-order valence-corrected chi connectivity index (χ1v) is 9.98. The van der Waals surface area contributed by atoms with Crippen LogP contribution < -0.4 is 15.4 Å². The van der Waals surface area contributed by atoms with Crippen LogP contribution in [0, 0.1) is 11.6 Å². The second kappa shape index (κ2) is 9.74. The SMILES string of the molecule is O=C(Nc1ccc(Oc2ccc(NC(=O)c3ccc(F)cc3)cc2)cc1)c1ccc(F)cc1. The fourth-order valence-electron chi connectivity index (χ4n) is 2.96. The van der Waals surface area contributed by atoms with E-state index in [9.17, 15) is 18.4 Å². The van der Waals surface area contributed by atoms with Crippen molar-refractivity contribution in [2.45, 2.75) is 0 Å². The Morgan fingerprint density at radius 1 is 0.515 bits per heavy atom. The predicted molar refractivity (Wildman–Crippen MR) is 122 cm³/mol. The van der Waals surface area contributed by atoms with Gasteiger partial charge < -0.3 is 15.4 Å². The number of nitrogens with one attached hydrogen (secondary N) is 2. The van der Waals surface area contributed by atoms with Crippen LogP contribution in [0.5, 0.6) is 11.5 Å². The lowest BCUT2D eigenvalue weighted by molar-refractivity contribution is 0.101. The minimum absolute atomic E-state index is 0.345. The molecule has 0 heterocycles. The molecule has 0 saturated heterocycles. The Bertz CT molecular complexity index is 1150. The largest absolute Gasteiger partial charge is 0.457 e. The van der Waals surface area contributed by atoms with Gasteiger partial charge in [0.15, 0.2) is 0 Å². The molecule has 2 N–H and O–H groups in total. The number of amides is 2. The number of carbonyl (C=O) groups is 2. The van der Waals surface area contributed by atoms with Gasteiger partial charge in [0.1, 0.15) is 23.1 Å². The zero-order valence-corrected chi connectivity index (χ0v) is 17.2. The summed E-state index contributed by atoms with van der Waals surface area (Å²) in [5.74, 6) is -0.396. The van der Waals surface area contributed by atoms with Gasteiger partial charge in [0, 0.05) is 22.5 Å². The number of carbonyl (C=O) groups excluding carboxylic acids is 2. The van der Waals surface area contributed by atoms with Gasteiger partial charge in [-0.15, -0.1) is 0 Å². The summed E-state index contributed by atoms with van der Waals surface area (Å²) >= 11 is 0. The number of hydrogen-bond acceptors (Lipinski definition) is 3. The van der Waals surface area contributed by atoms with E-state index >= 15 is 0 Å². The first kappa shape index (κ1) is 21.7. The second-order valence-electron chi connectivity index (χ2n) is 7.07. The van der Waals surface area contributed by atoms with E-state index in [-0.39, 0.29) is 11.8 Å². The third-order valence-electron chi connectivity index (χ3n) is 4.67. The molecule has 0 aliphatic rings. The van der Waals surface area contributed by atoms with E-state index in [0.717, 1.165) is 0 Å². The van der Waals surface area contributed by atoms with Gasteiger partial charge in [-0.05, 0) is 97.1 Å². The van der Waals surface area contributed by atoms with Crippen molar-refractivity contribution in [1.82, 2.24) is 0 Å². The highest BCUT2D eigenvalue weighted by molar-refractivity contribution is 6.04. The highest BCUT2D eigenvalue weighted by Crippen LogP contribution is 2.25. The Balaban J connectivity index is 1.33. The number of rotatable bonds is 6. The molecule has 0 fully saturated rings. The molecular weight excluding hydrogens is 426 g/mol. The molecule has 0 unspecified atom stereocenters. The molecular formula is C26H18F2N2O3. The molecule has 164 valence electrons. The Hall–Kier alpha value is -4.52. The van der Waals surface area contributed by atoms with Crippen molar-refractivity contribution < 1.29 is 23.1 Å². The summed E-state index contributed by atoms with van der Waals surface area (Å²) in [5, 5.41) is 5.47. The third kappa shape index (κ3) is 5.80. The fourth-order valence-corrected chi connectivity index (χ4v) is 2.96. The van der Waals surface area contributed by atoms with Crippen LogP contribution in [0.1, 0.15) is 20.7 Å². The van der Waals surface area contributed by atoms with Gasteiger partial charge in [-0.25, -0.2) is 8.78 Å². The fraction of sp³-hybridized carbons (Fsp3) is 0. The molecule has 4 aromatic rings. The average Bonchev–Trinajstić information content (AvgIpc) is 2.82. The van der Waals surface area contributed by atoms with Crippen LogP contribution in [0.4, 0.5) is 20.2 Å². The van der Waals surface area contributed by atoms with Crippen molar-refractivity contribution in [2.75, 3.05) is 10.6 Å². The van der Waals surface area contributed by atoms with E-state index in [2.05, 4.69) is 10.6 Å². The van der Waals surface area contributed by atoms with Crippen LogP contribution in [0.25, 0.3) is 0 Å². The van der Waals surface area contributed by atoms with Crippen molar-refractivity contribution in [1.29, 1.82) is 0 Å². The summed E-state index contributed by atoms with van der Waals surface area (Å²) < 4.78 is 31.8. The molecule has 0 aromatic heterocycles. The quantitative estimate of drug-likeness (QED) is 0.369. The summed E-state index contributed by atoms with van der Waals surface area (Å²) in [4.78, 5) is 24.4. The van der Waals surface area contributed by atoms with Gasteiger partial charge in [-0.2, -0.15) is 0 Å². The lowest BCUT2D eigenvalue weighted by Gasteiger charge is -2.10. The van der Waals surface area contributed by atoms with E-state index < -0.39 is 11.6 Å². The van der Waals surface area contributed by atoms with Crippen molar-refractivity contribution in [3.8, 4) is 11.5 Å². The lowest BCUT2D eigenvalue weighted by Crippen LogP contribution is -2.11. The predicted octanol–water partition coefficient (Wildman–Crippen LogP) is 6.26. The highest BCUT2D eigenvalue weighted by Gasteiger charge is 2.08. The molecule has 0 bridgehead atoms. The molecule has 0 saturated carbocycles. The van der Waals surface area contributed by atoms with Crippen LogP contribution in [-0.2, 0) is 0 Å². The summed E-state index contributed by atoms with van der Waals surface area (Å²) in [6.45, 7) is 0. The monoisotopic (exact) mass is 444 g/mol. The number of anilines is 2. The summed E-state index contributed by atoms with van der Waals surface area (Å²) in [6, 6.07) is 24.1. The van der Waals surface area contributed by atoms with Crippen molar-refractivity contribution in [3.05, 3.63) is 120 Å². The van der Waals surface area contributed by atoms with E-state index in [1.54, 1.807) is 48.5 Å².